The number of pyridine rings is 1. The van der Waals surface area contributed by atoms with E-state index in [1.807, 2.05) is 34.9 Å². The Morgan fingerprint density at radius 1 is 1.32 bits per heavy atom. The summed E-state index contributed by atoms with van der Waals surface area (Å²) in [5, 5.41) is 17.1. The van der Waals surface area contributed by atoms with Crippen LogP contribution in [0, 0.1) is 0 Å². The fourth-order valence-electron chi connectivity index (χ4n) is 3.85. The normalized spacial score (nSPS) is 22.5. The summed E-state index contributed by atoms with van der Waals surface area (Å²) in [5.74, 6) is -0.265. The number of benzene rings is 1. The third-order valence-corrected chi connectivity index (χ3v) is 5.46. The molecule has 2 aromatic heterocycles. The predicted octanol–water partition coefficient (Wildman–Crippen LogP) is 1.99. The second-order valence-electron chi connectivity index (χ2n) is 7.57. The van der Waals surface area contributed by atoms with Crippen molar-refractivity contribution in [2.45, 2.75) is 38.0 Å². The van der Waals surface area contributed by atoms with E-state index in [9.17, 15) is 9.90 Å². The van der Waals surface area contributed by atoms with Gasteiger partial charge in [-0.15, -0.1) is 0 Å². The van der Waals surface area contributed by atoms with E-state index >= 15 is 0 Å². The van der Waals surface area contributed by atoms with Gasteiger partial charge in [0.1, 0.15) is 5.52 Å². The summed E-state index contributed by atoms with van der Waals surface area (Å²) in [6.45, 7) is 5.25. The van der Waals surface area contributed by atoms with Gasteiger partial charge >= 0.3 is 0 Å². The van der Waals surface area contributed by atoms with Gasteiger partial charge in [-0.3, -0.25) is 4.79 Å². The number of hydrogen-bond acceptors (Lipinski definition) is 5. The van der Waals surface area contributed by atoms with Crippen molar-refractivity contribution >= 4 is 17.1 Å². The fraction of sp³-hybridized carbons (Fsp3) is 0.381. The summed E-state index contributed by atoms with van der Waals surface area (Å²) < 4.78 is 1.97. The van der Waals surface area contributed by atoms with E-state index in [1.54, 1.807) is 18.6 Å². The van der Waals surface area contributed by atoms with Crippen LogP contribution in [0.25, 0.3) is 11.2 Å². The van der Waals surface area contributed by atoms with Gasteiger partial charge in [-0.25, -0.2) is 9.97 Å². The lowest BCUT2D eigenvalue weighted by Gasteiger charge is -2.43. The first-order valence-corrected chi connectivity index (χ1v) is 9.60. The molecule has 3 N–H and O–H groups in total. The van der Waals surface area contributed by atoms with Crippen LogP contribution >= 0.6 is 0 Å². The highest BCUT2D eigenvalue weighted by Gasteiger charge is 2.43. The van der Waals surface area contributed by atoms with Crippen molar-refractivity contribution in [1.82, 2.24) is 25.2 Å². The van der Waals surface area contributed by atoms with Crippen molar-refractivity contribution in [2.75, 3.05) is 13.1 Å². The number of aliphatic hydroxyl groups excluding tert-OH is 1. The van der Waals surface area contributed by atoms with E-state index in [2.05, 4.69) is 34.4 Å². The monoisotopic (exact) mass is 379 g/mol. The molecule has 0 bridgehead atoms. The number of nitrogens with zero attached hydrogens (tertiary/aromatic N) is 3. The maximum atomic E-state index is 13.1. The van der Waals surface area contributed by atoms with Gasteiger partial charge in [0.15, 0.2) is 5.65 Å². The van der Waals surface area contributed by atoms with Crippen molar-refractivity contribution in [1.29, 1.82) is 0 Å². The molecule has 4 rings (SSSR count). The summed E-state index contributed by atoms with van der Waals surface area (Å²) in [7, 11) is 0. The molecule has 1 aliphatic heterocycles. The van der Waals surface area contributed by atoms with Crippen molar-refractivity contribution < 1.29 is 9.90 Å². The summed E-state index contributed by atoms with van der Waals surface area (Å²) >= 11 is 0. The molecule has 28 heavy (non-hydrogen) atoms. The number of nitrogens with one attached hydrogen (secondary N) is 2. The lowest BCUT2D eigenvalue weighted by molar-refractivity contribution is 0.0289. The lowest BCUT2D eigenvalue weighted by Crippen LogP contribution is -2.61. The van der Waals surface area contributed by atoms with Gasteiger partial charge in [0, 0.05) is 18.8 Å². The first-order valence-electron chi connectivity index (χ1n) is 9.60. The van der Waals surface area contributed by atoms with Crippen LogP contribution in [0.15, 0.2) is 48.9 Å². The van der Waals surface area contributed by atoms with E-state index in [0.29, 0.717) is 30.6 Å². The topological polar surface area (TPSA) is 92.1 Å². The second kappa shape index (κ2) is 7.33. The lowest BCUT2D eigenvalue weighted by atomic mass is 9.79. The van der Waals surface area contributed by atoms with Crippen molar-refractivity contribution in [2.24, 2.45) is 0 Å². The number of piperidine rings is 1. The molecule has 2 atom stereocenters. The van der Waals surface area contributed by atoms with E-state index in [4.69, 9.17) is 0 Å². The smallest absolute Gasteiger partial charge is 0.253 e. The van der Waals surface area contributed by atoms with Crippen LogP contribution in [-0.2, 0) is 5.54 Å². The molecule has 0 spiro atoms. The van der Waals surface area contributed by atoms with Gasteiger partial charge < -0.3 is 20.3 Å². The van der Waals surface area contributed by atoms with Crippen LogP contribution in [0.5, 0.6) is 0 Å². The Labute approximate surface area is 163 Å². The minimum absolute atomic E-state index is 0.239. The van der Waals surface area contributed by atoms with Crippen LogP contribution < -0.4 is 10.6 Å². The Balaban J connectivity index is 1.67. The number of amides is 1. The van der Waals surface area contributed by atoms with Crippen LogP contribution in [-0.4, -0.2) is 44.7 Å². The average Bonchev–Trinajstić information content (AvgIpc) is 3.14. The first kappa shape index (κ1) is 18.6. The highest BCUT2D eigenvalue weighted by Crippen LogP contribution is 2.31. The molecule has 0 saturated carbocycles. The van der Waals surface area contributed by atoms with Gasteiger partial charge in [-0.2, -0.15) is 0 Å². The van der Waals surface area contributed by atoms with Gasteiger partial charge in [-0.1, -0.05) is 30.3 Å². The number of imidazole rings is 1. The van der Waals surface area contributed by atoms with Gasteiger partial charge in [0.25, 0.3) is 5.91 Å². The summed E-state index contributed by atoms with van der Waals surface area (Å²) in [4.78, 5) is 21.9. The number of hydrogen-bond donors (Lipinski definition) is 3. The molecule has 1 amide bonds. The number of aliphatic hydroxyl groups is 1. The molecule has 146 valence electrons. The molecule has 3 heterocycles. The van der Waals surface area contributed by atoms with Crippen LogP contribution in [0.3, 0.4) is 0 Å². The SMILES string of the molecule is CC(C)n1cnc2cc(C(=O)N[C@]3(c4ccccc4)CCNC[C@H]3O)cnc21. The standard InChI is InChI=1S/C21H25N5O2/c1-14(2)26-13-24-17-10-15(11-23-19(17)26)20(28)25-21(8-9-22-12-18(21)27)16-6-4-3-5-7-16/h3-7,10-11,13-14,18,22,27H,8-9,12H2,1-2H3,(H,25,28)/t18-,21+/m1/s1. The number of fused-ring (bicyclic) bond motifs is 1. The fourth-order valence-corrected chi connectivity index (χ4v) is 3.85. The molecule has 0 aliphatic carbocycles. The number of carbonyl (C=O) groups excluding carboxylic acids is 1. The number of β-amino-alcohol motifs (C(OH)–C–C–N with tert-alkyl or cyclic N) is 1. The Kier molecular flexibility index (Phi) is 4.87. The first-order chi connectivity index (χ1) is 13.5. The van der Waals surface area contributed by atoms with E-state index in [-0.39, 0.29) is 11.9 Å². The van der Waals surface area contributed by atoms with Gasteiger partial charge in [0.05, 0.1) is 23.5 Å². The minimum Gasteiger partial charge on any atom is -0.389 e. The van der Waals surface area contributed by atoms with Gasteiger partial charge in [0.2, 0.25) is 0 Å². The Bertz CT molecular complexity index is 985. The number of carbonyl (C=O) groups is 1. The molecule has 1 aromatic carbocycles. The summed E-state index contributed by atoms with van der Waals surface area (Å²) in [5.41, 5.74) is 1.93. The maximum Gasteiger partial charge on any atom is 0.253 e. The van der Waals surface area contributed by atoms with E-state index < -0.39 is 11.6 Å². The second-order valence-corrected chi connectivity index (χ2v) is 7.57. The third-order valence-electron chi connectivity index (χ3n) is 5.46. The van der Waals surface area contributed by atoms with Crippen LogP contribution in [0.1, 0.15) is 42.2 Å². The zero-order chi connectivity index (χ0) is 19.7. The molecule has 7 nitrogen and oxygen atoms in total. The molecule has 1 aliphatic rings. The molecular weight excluding hydrogens is 354 g/mol. The van der Waals surface area contributed by atoms with Crippen molar-refractivity contribution in [3.63, 3.8) is 0 Å². The minimum atomic E-state index is -0.837. The average molecular weight is 379 g/mol. The number of rotatable bonds is 4. The highest BCUT2D eigenvalue weighted by atomic mass is 16.3. The zero-order valence-corrected chi connectivity index (χ0v) is 16.1. The molecule has 7 heteroatoms. The Morgan fingerprint density at radius 2 is 2.11 bits per heavy atom. The zero-order valence-electron chi connectivity index (χ0n) is 16.1. The molecule has 1 fully saturated rings. The molecule has 1 saturated heterocycles. The van der Waals surface area contributed by atoms with Crippen molar-refractivity contribution in [3.05, 3.63) is 60.0 Å². The molecular formula is C21H25N5O2. The van der Waals surface area contributed by atoms with Crippen molar-refractivity contribution in [3.8, 4) is 0 Å². The van der Waals surface area contributed by atoms with E-state index in [1.165, 1.54) is 0 Å². The summed E-state index contributed by atoms with van der Waals surface area (Å²) in [6.07, 6.45) is 3.18. The third kappa shape index (κ3) is 3.16. The van der Waals surface area contributed by atoms with Crippen LogP contribution in [0.2, 0.25) is 0 Å². The maximum absolute atomic E-state index is 13.1. The molecule has 0 radical (unpaired) electrons. The summed E-state index contributed by atoms with van der Waals surface area (Å²) in [6, 6.07) is 11.6. The molecule has 0 unspecified atom stereocenters. The molecule has 3 aromatic rings. The van der Waals surface area contributed by atoms with Crippen LogP contribution in [0.4, 0.5) is 0 Å². The Hall–Kier alpha value is -2.77. The highest BCUT2D eigenvalue weighted by molar-refractivity contribution is 5.97. The predicted molar refractivity (Wildman–Crippen MR) is 107 cm³/mol. The van der Waals surface area contributed by atoms with Gasteiger partial charge in [-0.05, 0) is 38.4 Å². The van der Waals surface area contributed by atoms with E-state index in [0.717, 1.165) is 11.2 Å². The number of aromatic nitrogens is 3. The largest absolute Gasteiger partial charge is 0.389 e. The quantitative estimate of drug-likeness (QED) is 0.645. The Morgan fingerprint density at radius 3 is 2.82 bits per heavy atom.